The second-order valence-electron chi connectivity index (χ2n) is 4.20. The van der Waals surface area contributed by atoms with Crippen molar-refractivity contribution in [2.24, 2.45) is 5.73 Å². The van der Waals surface area contributed by atoms with Gasteiger partial charge < -0.3 is 11.5 Å². The summed E-state index contributed by atoms with van der Waals surface area (Å²) >= 11 is 0. The summed E-state index contributed by atoms with van der Waals surface area (Å²) < 4.78 is 1.63. The van der Waals surface area contributed by atoms with Gasteiger partial charge in [0, 0.05) is 6.04 Å². The molecular formula is C10H18N4O. The molecule has 0 saturated heterocycles. The molecule has 15 heavy (non-hydrogen) atoms. The van der Waals surface area contributed by atoms with Crippen LogP contribution in [0.4, 0.5) is 5.82 Å². The monoisotopic (exact) mass is 210 g/mol. The summed E-state index contributed by atoms with van der Waals surface area (Å²) in [5.41, 5.74) is 12.2. The van der Waals surface area contributed by atoms with Crippen molar-refractivity contribution in [1.29, 1.82) is 0 Å². The standard InChI is InChI=1S/C10H18N4O/c1-5(2)8-7(10(12)15)9(11)14(13-8)6(3)4/h5-6H,11H2,1-4H3,(H2,12,15). The lowest BCUT2D eigenvalue weighted by Gasteiger charge is -2.07. The molecule has 1 aromatic rings. The van der Waals surface area contributed by atoms with Crippen molar-refractivity contribution < 1.29 is 4.79 Å². The molecule has 0 fully saturated rings. The van der Waals surface area contributed by atoms with E-state index in [9.17, 15) is 4.79 Å². The second-order valence-corrected chi connectivity index (χ2v) is 4.20. The summed E-state index contributed by atoms with van der Waals surface area (Å²) in [6.07, 6.45) is 0. The maximum atomic E-state index is 11.3. The molecule has 1 rings (SSSR count). The molecule has 0 atom stereocenters. The van der Waals surface area contributed by atoms with E-state index in [1.54, 1.807) is 4.68 Å². The Hall–Kier alpha value is -1.52. The number of anilines is 1. The Morgan fingerprint density at radius 3 is 2.13 bits per heavy atom. The van der Waals surface area contributed by atoms with E-state index in [1.807, 2.05) is 27.7 Å². The van der Waals surface area contributed by atoms with Crippen LogP contribution in [0.1, 0.15) is 55.7 Å². The van der Waals surface area contributed by atoms with Gasteiger partial charge in [0.2, 0.25) is 0 Å². The van der Waals surface area contributed by atoms with E-state index in [0.717, 1.165) is 0 Å². The number of rotatable bonds is 3. The maximum Gasteiger partial charge on any atom is 0.254 e. The minimum absolute atomic E-state index is 0.121. The minimum Gasteiger partial charge on any atom is -0.383 e. The van der Waals surface area contributed by atoms with Crippen LogP contribution in [0.15, 0.2) is 0 Å². The summed E-state index contributed by atoms with van der Waals surface area (Å²) in [4.78, 5) is 11.3. The SMILES string of the molecule is CC(C)c1nn(C(C)C)c(N)c1C(N)=O. The fourth-order valence-corrected chi connectivity index (χ4v) is 1.52. The fourth-order valence-electron chi connectivity index (χ4n) is 1.52. The van der Waals surface area contributed by atoms with Gasteiger partial charge in [-0.2, -0.15) is 5.10 Å². The Morgan fingerprint density at radius 2 is 1.87 bits per heavy atom. The number of carbonyl (C=O) groups is 1. The lowest BCUT2D eigenvalue weighted by atomic mass is 10.1. The number of nitrogen functional groups attached to an aromatic ring is 1. The zero-order valence-corrected chi connectivity index (χ0v) is 9.61. The van der Waals surface area contributed by atoms with Crippen LogP contribution < -0.4 is 11.5 Å². The van der Waals surface area contributed by atoms with Crippen molar-refractivity contribution in [3.63, 3.8) is 0 Å². The predicted molar refractivity (Wildman–Crippen MR) is 59.6 cm³/mol. The predicted octanol–water partition coefficient (Wildman–Crippen LogP) is 1.27. The van der Waals surface area contributed by atoms with Crippen LogP contribution in [0.2, 0.25) is 0 Å². The van der Waals surface area contributed by atoms with Gasteiger partial charge in [-0.15, -0.1) is 0 Å². The molecular weight excluding hydrogens is 192 g/mol. The molecule has 0 aromatic carbocycles. The highest BCUT2D eigenvalue weighted by Gasteiger charge is 2.22. The minimum atomic E-state index is -0.511. The summed E-state index contributed by atoms with van der Waals surface area (Å²) in [6.45, 7) is 7.83. The highest BCUT2D eigenvalue weighted by molar-refractivity contribution is 5.98. The third-order valence-corrected chi connectivity index (χ3v) is 2.26. The first-order valence-corrected chi connectivity index (χ1v) is 5.03. The first-order valence-electron chi connectivity index (χ1n) is 5.03. The molecule has 1 aromatic heterocycles. The van der Waals surface area contributed by atoms with Gasteiger partial charge in [-0.3, -0.25) is 4.79 Å². The van der Waals surface area contributed by atoms with Gasteiger partial charge >= 0.3 is 0 Å². The zero-order chi connectivity index (χ0) is 11.7. The highest BCUT2D eigenvalue weighted by atomic mass is 16.1. The van der Waals surface area contributed by atoms with Gasteiger partial charge in [-0.25, -0.2) is 4.68 Å². The van der Waals surface area contributed by atoms with Crippen LogP contribution in [0.3, 0.4) is 0 Å². The number of aromatic nitrogens is 2. The van der Waals surface area contributed by atoms with Crippen LogP contribution in [-0.2, 0) is 0 Å². The summed E-state index contributed by atoms with van der Waals surface area (Å²) in [5.74, 6) is -0.0147. The average molecular weight is 210 g/mol. The van der Waals surface area contributed by atoms with E-state index < -0.39 is 5.91 Å². The van der Waals surface area contributed by atoms with Gasteiger partial charge in [-0.1, -0.05) is 13.8 Å². The zero-order valence-electron chi connectivity index (χ0n) is 9.61. The molecule has 84 valence electrons. The van der Waals surface area contributed by atoms with Gasteiger partial charge in [0.1, 0.15) is 11.4 Å². The Balaban J connectivity index is 3.39. The Bertz CT molecular complexity index is 379. The first-order chi connectivity index (χ1) is 6.86. The Kier molecular flexibility index (Phi) is 3.02. The van der Waals surface area contributed by atoms with E-state index in [2.05, 4.69) is 5.10 Å². The molecule has 5 nitrogen and oxygen atoms in total. The van der Waals surface area contributed by atoms with Crippen molar-refractivity contribution in [3.8, 4) is 0 Å². The first kappa shape index (κ1) is 11.6. The van der Waals surface area contributed by atoms with Gasteiger partial charge in [0.05, 0.1) is 5.69 Å². The molecule has 5 heteroatoms. The summed E-state index contributed by atoms with van der Waals surface area (Å²) in [7, 11) is 0. The van der Waals surface area contributed by atoms with Crippen LogP contribution >= 0.6 is 0 Å². The Labute approximate surface area is 89.4 Å². The molecule has 1 heterocycles. The Morgan fingerprint density at radius 1 is 1.33 bits per heavy atom. The smallest absolute Gasteiger partial charge is 0.254 e. The lowest BCUT2D eigenvalue weighted by molar-refractivity contribution is 0.1000. The topological polar surface area (TPSA) is 86.9 Å². The molecule has 0 radical (unpaired) electrons. The lowest BCUT2D eigenvalue weighted by Crippen LogP contribution is -2.16. The number of primary amides is 1. The van der Waals surface area contributed by atoms with Gasteiger partial charge in [0.15, 0.2) is 0 Å². The van der Waals surface area contributed by atoms with Crippen LogP contribution in [0.5, 0.6) is 0 Å². The maximum absolute atomic E-state index is 11.3. The molecule has 0 aliphatic carbocycles. The highest BCUT2D eigenvalue weighted by Crippen LogP contribution is 2.25. The van der Waals surface area contributed by atoms with E-state index in [-0.39, 0.29) is 12.0 Å². The molecule has 0 aliphatic heterocycles. The third kappa shape index (κ3) is 1.95. The van der Waals surface area contributed by atoms with Crippen molar-refractivity contribution in [3.05, 3.63) is 11.3 Å². The fraction of sp³-hybridized carbons (Fsp3) is 0.600. The van der Waals surface area contributed by atoms with Crippen molar-refractivity contribution in [2.75, 3.05) is 5.73 Å². The van der Waals surface area contributed by atoms with Crippen molar-refractivity contribution in [2.45, 2.75) is 39.7 Å². The summed E-state index contributed by atoms with van der Waals surface area (Å²) in [5, 5.41) is 4.32. The van der Waals surface area contributed by atoms with E-state index in [0.29, 0.717) is 17.1 Å². The van der Waals surface area contributed by atoms with Crippen LogP contribution in [-0.4, -0.2) is 15.7 Å². The molecule has 1 amide bonds. The molecule has 0 aliphatic rings. The third-order valence-electron chi connectivity index (χ3n) is 2.26. The number of amides is 1. The van der Waals surface area contributed by atoms with E-state index in [1.165, 1.54) is 0 Å². The number of hydrogen-bond donors (Lipinski definition) is 2. The van der Waals surface area contributed by atoms with Crippen molar-refractivity contribution in [1.82, 2.24) is 9.78 Å². The molecule has 0 unspecified atom stereocenters. The average Bonchev–Trinajstić information content (AvgIpc) is 2.42. The second kappa shape index (κ2) is 3.92. The molecule has 4 N–H and O–H groups in total. The van der Waals surface area contributed by atoms with E-state index in [4.69, 9.17) is 11.5 Å². The number of carbonyl (C=O) groups excluding carboxylic acids is 1. The summed E-state index contributed by atoms with van der Waals surface area (Å²) in [6, 6.07) is 0.121. The van der Waals surface area contributed by atoms with Gasteiger partial charge in [-0.05, 0) is 19.8 Å². The van der Waals surface area contributed by atoms with Crippen LogP contribution in [0, 0.1) is 0 Å². The number of nitrogens with two attached hydrogens (primary N) is 2. The molecule has 0 bridgehead atoms. The largest absolute Gasteiger partial charge is 0.383 e. The quantitative estimate of drug-likeness (QED) is 0.787. The van der Waals surface area contributed by atoms with Crippen molar-refractivity contribution >= 4 is 11.7 Å². The number of nitrogens with zero attached hydrogens (tertiary/aromatic N) is 2. The van der Waals surface area contributed by atoms with E-state index >= 15 is 0 Å². The van der Waals surface area contributed by atoms with Gasteiger partial charge in [0.25, 0.3) is 5.91 Å². The normalized spacial score (nSPS) is 11.3. The number of hydrogen-bond acceptors (Lipinski definition) is 3. The van der Waals surface area contributed by atoms with Crippen LogP contribution in [0.25, 0.3) is 0 Å². The molecule has 0 saturated carbocycles. The molecule has 0 spiro atoms.